The Morgan fingerprint density at radius 1 is 1.41 bits per heavy atom. The molecule has 0 saturated carbocycles. The number of amides is 1. The van der Waals surface area contributed by atoms with Crippen LogP contribution in [0.4, 0.5) is 13.2 Å². The Bertz CT molecular complexity index is 356. The lowest BCUT2D eigenvalue weighted by atomic mass is 10.4. The summed E-state index contributed by atoms with van der Waals surface area (Å²) in [5, 5.41) is 2.35. The molecule has 0 atom stereocenters. The van der Waals surface area contributed by atoms with Crippen LogP contribution in [0, 0.1) is 0 Å². The highest BCUT2D eigenvalue weighted by molar-refractivity contribution is 5.91. The summed E-state index contributed by atoms with van der Waals surface area (Å²) in [5.41, 5.74) is 0.100. The molecule has 0 radical (unpaired) electrons. The number of rotatable bonds is 5. The SMILES string of the molecule is O=C(NCCOCC(F)(F)F)c1cnccn1. The van der Waals surface area contributed by atoms with Gasteiger partial charge in [0.15, 0.2) is 0 Å². The van der Waals surface area contributed by atoms with E-state index in [1.807, 2.05) is 0 Å². The van der Waals surface area contributed by atoms with Crippen molar-refractivity contribution in [2.45, 2.75) is 6.18 Å². The van der Waals surface area contributed by atoms with Gasteiger partial charge in [-0.1, -0.05) is 0 Å². The molecule has 0 saturated heterocycles. The van der Waals surface area contributed by atoms with Crippen LogP contribution in [0.15, 0.2) is 18.6 Å². The number of halogens is 3. The maximum Gasteiger partial charge on any atom is 0.411 e. The molecule has 0 aliphatic rings. The number of hydrogen-bond donors (Lipinski definition) is 1. The molecule has 0 aliphatic carbocycles. The van der Waals surface area contributed by atoms with Gasteiger partial charge in [-0.15, -0.1) is 0 Å². The largest absolute Gasteiger partial charge is 0.411 e. The molecule has 1 aromatic heterocycles. The molecule has 5 nitrogen and oxygen atoms in total. The zero-order chi connectivity index (χ0) is 12.7. The van der Waals surface area contributed by atoms with E-state index < -0.39 is 18.7 Å². The van der Waals surface area contributed by atoms with E-state index in [1.54, 1.807) is 0 Å². The number of alkyl halides is 3. The zero-order valence-corrected chi connectivity index (χ0v) is 8.70. The third-order valence-electron chi connectivity index (χ3n) is 1.59. The van der Waals surface area contributed by atoms with Gasteiger partial charge in [-0.2, -0.15) is 13.2 Å². The third-order valence-corrected chi connectivity index (χ3v) is 1.59. The Kier molecular flexibility index (Phi) is 4.83. The van der Waals surface area contributed by atoms with Crippen molar-refractivity contribution in [2.24, 2.45) is 0 Å². The van der Waals surface area contributed by atoms with Crippen molar-refractivity contribution in [2.75, 3.05) is 19.8 Å². The third kappa shape index (κ3) is 5.81. The molecule has 1 N–H and O–H groups in total. The van der Waals surface area contributed by atoms with E-state index in [-0.39, 0.29) is 18.8 Å². The molecule has 0 aliphatic heterocycles. The predicted octanol–water partition coefficient (Wildman–Crippen LogP) is 0.785. The minimum absolute atomic E-state index is 0.0223. The van der Waals surface area contributed by atoms with Gasteiger partial charge < -0.3 is 10.1 Å². The van der Waals surface area contributed by atoms with Gasteiger partial charge in [0.1, 0.15) is 12.3 Å². The van der Waals surface area contributed by atoms with Gasteiger partial charge in [0.2, 0.25) is 0 Å². The average molecular weight is 249 g/mol. The summed E-state index contributed by atoms with van der Waals surface area (Å²) >= 11 is 0. The smallest absolute Gasteiger partial charge is 0.370 e. The Morgan fingerprint density at radius 2 is 2.18 bits per heavy atom. The highest BCUT2D eigenvalue weighted by Crippen LogP contribution is 2.13. The molecule has 0 spiro atoms. The lowest BCUT2D eigenvalue weighted by Crippen LogP contribution is -2.29. The molecule has 1 rings (SSSR count). The van der Waals surface area contributed by atoms with Gasteiger partial charge in [0, 0.05) is 18.9 Å². The molecule has 1 amide bonds. The number of carbonyl (C=O) groups is 1. The van der Waals surface area contributed by atoms with Crippen LogP contribution >= 0.6 is 0 Å². The first-order valence-electron chi connectivity index (χ1n) is 4.68. The molecule has 94 valence electrons. The Hall–Kier alpha value is -1.70. The van der Waals surface area contributed by atoms with Gasteiger partial charge in [0.05, 0.1) is 12.8 Å². The van der Waals surface area contributed by atoms with Gasteiger partial charge in [-0.3, -0.25) is 9.78 Å². The lowest BCUT2D eigenvalue weighted by Gasteiger charge is -2.08. The predicted molar refractivity (Wildman–Crippen MR) is 51.2 cm³/mol. The Morgan fingerprint density at radius 3 is 2.76 bits per heavy atom. The summed E-state index contributed by atoms with van der Waals surface area (Å²) < 4.78 is 39.3. The normalized spacial score (nSPS) is 11.2. The van der Waals surface area contributed by atoms with Gasteiger partial charge in [0.25, 0.3) is 5.91 Å². The van der Waals surface area contributed by atoms with Crippen molar-refractivity contribution >= 4 is 5.91 Å². The van der Waals surface area contributed by atoms with E-state index in [2.05, 4.69) is 20.0 Å². The number of nitrogens with one attached hydrogen (secondary N) is 1. The van der Waals surface area contributed by atoms with Crippen molar-refractivity contribution in [3.05, 3.63) is 24.3 Å². The zero-order valence-electron chi connectivity index (χ0n) is 8.70. The topological polar surface area (TPSA) is 64.1 Å². The second kappa shape index (κ2) is 6.14. The average Bonchev–Trinajstić information content (AvgIpc) is 2.28. The van der Waals surface area contributed by atoms with Crippen LogP contribution in [0.25, 0.3) is 0 Å². The van der Waals surface area contributed by atoms with Crippen LogP contribution in [0.2, 0.25) is 0 Å². The fourth-order valence-corrected chi connectivity index (χ4v) is 0.932. The molecule has 0 fully saturated rings. The highest BCUT2D eigenvalue weighted by Gasteiger charge is 2.27. The summed E-state index contributed by atoms with van der Waals surface area (Å²) in [6.07, 6.45) is -0.348. The van der Waals surface area contributed by atoms with Crippen LogP contribution < -0.4 is 5.32 Å². The molecule has 0 bridgehead atoms. The fraction of sp³-hybridized carbons (Fsp3) is 0.444. The molecule has 1 aromatic rings. The standard InChI is InChI=1S/C9H10F3N3O2/c10-9(11,12)6-17-4-3-15-8(16)7-5-13-1-2-14-7/h1-2,5H,3-4,6H2,(H,15,16). The molecule has 0 aromatic carbocycles. The maximum absolute atomic E-state index is 11.7. The van der Waals surface area contributed by atoms with Crippen LogP contribution in [-0.4, -0.2) is 41.8 Å². The van der Waals surface area contributed by atoms with Crippen molar-refractivity contribution < 1.29 is 22.7 Å². The number of hydrogen-bond acceptors (Lipinski definition) is 4. The highest BCUT2D eigenvalue weighted by atomic mass is 19.4. The Balaban J connectivity index is 2.18. The lowest BCUT2D eigenvalue weighted by molar-refractivity contribution is -0.173. The van der Waals surface area contributed by atoms with Crippen LogP contribution in [0.5, 0.6) is 0 Å². The van der Waals surface area contributed by atoms with E-state index in [1.165, 1.54) is 18.6 Å². The number of carbonyl (C=O) groups excluding carboxylic acids is 1. The summed E-state index contributed by atoms with van der Waals surface area (Å²) in [5.74, 6) is -0.506. The number of ether oxygens (including phenoxy) is 1. The summed E-state index contributed by atoms with van der Waals surface area (Å²) in [6.45, 7) is -1.56. The molecule has 0 unspecified atom stereocenters. The molecular formula is C9H10F3N3O2. The second-order valence-corrected chi connectivity index (χ2v) is 3.01. The first kappa shape index (κ1) is 13.4. The monoisotopic (exact) mass is 249 g/mol. The second-order valence-electron chi connectivity index (χ2n) is 3.01. The van der Waals surface area contributed by atoms with E-state index >= 15 is 0 Å². The van der Waals surface area contributed by atoms with Crippen molar-refractivity contribution in [1.29, 1.82) is 0 Å². The van der Waals surface area contributed by atoms with Crippen molar-refractivity contribution in [1.82, 2.24) is 15.3 Å². The van der Waals surface area contributed by atoms with E-state index in [0.717, 1.165) is 0 Å². The first-order chi connectivity index (χ1) is 7.99. The minimum Gasteiger partial charge on any atom is -0.370 e. The maximum atomic E-state index is 11.7. The van der Waals surface area contributed by atoms with Gasteiger partial charge in [-0.05, 0) is 0 Å². The summed E-state index contributed by atoms with van der Waals surface area (Å²) in [7, 11) is 0. The number of nitrogens with zero attached hydrogens (tertiary/aromatic N) is 2. The van der Waals surface area contributed by atoms with Crippen molar-refractivity contribution in [3.8, 4) is 0 Å². The van der Waals surface area contributed by atoms with Crippen LogP contribution in [0.1, 0.15) is 10.5 Å². The molecule has 17 heavy (non-hydrogen) atoms. The fourth-order valence-electron chi connectivity index (χ4n) is 0.932. The summed E-state index contributed by atoms with van der Waals surface area (Å²) in [6, 6.07) is 0. The van der Waals surface area contributed by atoms with Crippen molar-refractivity contribution in [3.63, 3.8) is 0 Å². The van der Waals surface area contributed by atoms with Crippen LogP contribution in [-0.2, 0) is 4.74 Å². The van der Waals surface area contributed by atoms with E-state index in [9.17, 15) is 18.0 Å². The Labute approximate surface area is 95.0 Å². The van der Waals surface area contributed by atoms with Gasteiger partial charge in [-0.25, -0.2) is 4.98 Å². The quantitative estimate of drug-likeness (QED) is 0.783. The first-order valence-corrected chi connectivity index (χ1v) is 4.68. The molecule has 8 heteroatoms. The molecular weight excluding hydrogens is 239 g/mol. The molecule has 1 heterocycles. The van der Waals surface area contributed by atoms with E-state index in [4.69, 9.17) is 0 Å². The number of aromatic nitrogens is 2. The van der Waals surface area contributed by atoms with Gasteiger partial charge >= 0.3 is 6.18 Å². The summed E-state index contributed by atoms with van der Waals surface area (Å²) in [4.78, 5) is 18.7. The minimum atomic E-state index is -4.35. The van der Waals surface area contributed by atoms with Crippen LogP contribution in [0.3, 0.4) is 0 Å². The van der Waals surface area contributed by atoms with E-state index in [0.29, 0.717) is 0 Å².